The molecule has 0 aliphatic heterocycles. The minimum absolute atomic E-state index is 0.450. The summed E-state index contributed by atoms with van der Waals surface area (Å²) < 4.78 is 0. The number of fused-ring (bicyclic) bond motifs is 1. The first-order valence-electron chi connectivity index (χ1n) is 7.89. The maximum absolute atomic E-state index is 4.48. The number of nitrogens with zero attached hydrogens (tertiary/aromatic N) is 1. The quantitative estimate of drug-likeness (QED) is 0.885. The van der Waals surface area contributed by atoms with E-state index in [-0.39, 0.29) is 0 Å². The van der Waals surface area contributed by atoms with Crippen LogP contribution in [0.3, 0.4) is 0 Å². The molecule has 0 saturated heterocycles. The van der Waals surface area contributed by atoms with Gasteiger partial charge in [0, 0.05) is 17.6 Å². The first-order valence-corrected chi connectivity index (χ1v) is 7.89. The molecule has 0 bridgehead atoms. The summed E-state index contributed by atoms with van der Waals surface area (Å²) in [6.07, 6.45) is 10.2. The molecule has 2 nitrogen and oxygen atoms in total. The fourth-order valence-corrected chi connectivity index (χ4v) is 3.59. The Morgan fingerprint density at radius 1 is 1.15 bits per heavy atom. The Balaban J connectivity index is 1.86. The molecule has 3 rings (SSSR count). The zero-order valence-electron chi connectivity index (χ0n) is 12.3. The third kappa shape index (κ3) is 2.85. The van der Waals surface area contributed by atoms with Crippen LogP contribution < -0.4 is 5.32 Å². The van der Waals surface area contributed by atoms with Gasteiger partial charge in [-0.2, -0.15) is 0 Å². The summed E-state index contributed by atoms with van der Waals surface area (Å²) in [5, 5.41) is 4.83. The Labute approximate surface area is 121 Å². The molecule has 1 aromatic carbocycles. The maximum atomic E-state index is 4.48. The minimum atomic E-state index is 0.450. The van der Waals surface area contributed by atoms with Crippen LogP contribution in [0.1, 0.15) is 50.1 Å². The van der Waals surface area contributed by atoms with Crippen LogP contribution in [0.4, 0.5) is 0 Å². The highest BCUT2D eigenvalue weighted by Crippen LogP contribution is 2.33. The van der Waals surface area contributed by atoms with Crippen molar-refractivity contribution in [1.29, 1.82) is 0 Å². The number of aromatic nitrogens is 1. The molecule has 1 unspecified atom stereocenters. The molecule has 2 heteroatoms. The van der Waals surface area contributed by atoms with Crippen LogP contribution in [0.25, 0.3) is 10.9 Å². The lowest BCUT2D eigenvalue weighted by molar-refractivity contribution is 0.306. The van der Waals surface area contributed by atoms with Crippen LogP contribution in [0.15, 0.2) is 36.5 Å². The molecule has 1 atom stereocenters. The second-order valence-electron chi connectivity index (χ2n) is 6.00. The molecule has 1 N–H and O–H groups in total. The molecular weight excluding hydrogens is 244 g/mol. The Morgan fingerprint density at radius 2 is 2.00 bits per heavy atom. The molecule has 106 valence electrons. The Hall–Kier alpha value is -1.41. The first-order chi connectivity index (χ1) is 9.88. The normalized spacial score (nSPS) is 18.2. The first kappa shape index (κ1) is 13.6. The predicted molar refractivity (Wildman–Crippen MR) is 84.7 cm³/mol. The van der Waals surface area contributed by atoms with Crippen molar-refractivity contribution in [3.05, 3.63) is 42.1 Å². The second kappa shape index (κ2) is 6.36. The van der Waals surface area contributed by atoms with Crippen LogP contribution >= 0.6 is 0 Å². The van der Waals surface area contributed by atoms with Crippen LogP contribution in [-0.2, 0) is 0 Å². The Morgan fingerprint density at radius 3 is 2.80 bits per heavy atom. The number of rotatable bonds is 4. The Bertz CT molecular complexity index is 553. The van der Waals surface area contributed by atoms with E-state index in [1.54, 1.807) is 0 Å². The van der Waals surface area contributed by atoms with E-state index in [2.05, 4.69) is 41.6 Å². The summed E-state index contributed by atoms with van der Waals surface area (Å²) in [4.78, 5) is 4.48. The molecule has 1 aliphatic rings. The van der Waals surface area contributed by atoms with Gasteiger partial charge in [0.15, 0.2) is 0 Å². The summed E-state index contributed by atoms with van der Waals surface area (Å²) in [7, 11) is 2.09. The largest absolute Gasteiger partial charge is 0.313 e. The fourth-order valence-electron chi connectivity index (χ4n) is 3.59. The van der Waals surface area contributed by atoms with Crippen molar-refractivity contribution >= 4 is 10.9 Å². The monoisotopic (exact) mass is 268 g/mol. The standard InChI is InChI=1S/C18H24N2/c1-19-18(13-14-7-3-2-4-8-14)16-9-5-11-17-15(16)10-6-12-20-17/h5-6,9-12,14,18-19H,2-4,7-8,13H2,1H3. The molecule has 0 spiro atoms. The number of pyridine rings is 1. The molecule has 1 aromatic heterocycles. The summed E-state index contributed by atoms with van der Waals surface area (Å²) in [6.45, 7) is 0. The van der Waals surface area contributed by atoms with Gasteiger partial charge in [0.25, 0.3) is 0 Å². The molecule has 20 heavy (non-hydrogen) atoms. The lowest BCUT2D eigenvalue weighted by atomic mass is 9.83. The summed E-state index contributed by atoms with van der Waals surface area (Å²) in [5.74, 6) is 0.883. The lowest BCUT2D eigenvalue weighted by Gasteiger charge is -2.27. The third-order valence-corrected chi connectivity index (χ3v) is 4.70. The van der Waals surface area contributed by atoms with E-state index in [1.807, 2.05) is 12.3 Å². The van der Waals surface area contributed by atoms with E-state index in [4.69, 9.17) is 0 Å². The number of hydrogen-bond acceptors (Lipinski definition) is 2. The molecule has 1 aliphatic carbocycles. The maximum Gasteiger partial charge on any atom is 0.0705 e. The van der Waals surface area contributed by atoms with Gasteiger partial charge in [-0.05, 0) is 37.1 Å². The average molecular weight is 268 g/mol. The lowest BCUT2D eigenvalue weighted by Crippen LogP contribution is -2.21. The zero-order valence-corrected chi connectivity index (χ0v) is 12.3. The highest BCUT2D eigenvalue weighted by Gasteiger charge is 2.20. The van der Waals surface area contributed by atoms with Gasteiger partial charge < -0.3 is 5.32 Å². The van der Waals surface area contributed by atoms with Crippen molar-refractivity contribution in [2.75, 3.05) is 7.05 Å². The van der Waals surface area contributed by atoms with Gasteiger partial charge >= 0.3 is 0 Å². The van der Waals surface area contributed by atoms with E-state index < -0.39 is 0 Å². The van der Waals surface area contributed by atoms with Crippen LogP contribution in [0, 0.1) is 5.92 Å². The van der Waals surface area contributed by atoms with Crippen LogP contribution in [-0.4, -0.2) is 12.0 Å². The van der Waals surface area contributed by atoms with Gasteiger partial charge in [0.05, 0.1) is 5.52 Å². The van der Waals surface area contributed by atoms with E-state index >= 15 is 0 Å². The van der Waals surface area contributed by atoms with Crippen molar-refractivity contribution < 1.29 is 0 Å². The molecule has 2 aromatic rings. The molecule has 0 radical (unpaired) electrons. The van der Waals surface area contributed by atoms with Crippen molar-refractivity contribution in [3.8, 4) is 0 Å². The van der Waals surface area contributed by atoms with Crippen LogP contribution in [0.2, 0.25) is 0 Å². The molecule has 0 amide bonds. The van der Waals surface area contributed by atoms with E-state index in [9.17, 15) is 0 Å². The van der Waals surface area contributed by atoms with Crippen molar-refractivity contribution in [1.82, 2.24) is 10.3 Å². The van der Waals surface area contributed by atoms with Gasteiger partial charge in [0.1, 0.15) is 0 Å². The number of nitrogens with one attached hydrogen (secondary N) is 1. The minimum Gasteiger partial charge on any atom is -0.313 e. The Kier molecular flexibility index (Phi) is 4.31. The van der Waals surface area contributed by atoms with E-state index in [0.29, 0.717) is 6.04 Å². The van der Waals surface area contributed by atoms with Gasteiger partial charge in [-0.15, -0.1) is 0 Å². The average Bonchev–Trinajstić information content (AvgIpc) is 2.53. The SMILES string of the molecule is CNC(CC1CCCCC1)c1cccc2ncccc12. The van der Waals surface area contributed by atoms with Crippen molar-refractivity contribution in [2.24, 2.45) is 5.92 Å². The molecular formula is C18H24N2. The number of benzene rings is 1. The summed E-state index contributed by atoms with van der Waals surface area (Å²) in [5.41, 5.74) is 2.51. The predicted octanol–water partition coefficient (Wildman–Crippen LogP) is 4.47. The van der Waals surface area contributed by atoms with Gasteiger partial charge in [-0.1, -0.05) is 50.3 Å². The molecule has 1 saturated carbocycles. The molecule has 1 heterocycles. The second-order valence-corrected chi connectivity index (χ2v) is 6.00. The fraction of sp³-hybridized carbons (Fsp3) is 0.500. The summed E-state index contributed by atoms with van der Waals surface area (Å²) in [6, 6.07) is 11.2. The van der Waals surface area contributed by atoms with Crippen molar-refractivity contribution in [3.63, 3.8) is 0 Å². The van der Waals surface area contributed by atoms with Gasteiger partial charge in [-0.25, -0.2) is 0 Å². The highest BCUT2D eigenvalue weighted by atomic mass is 14.9. The van der Waals surface area contributed by atoms with Crippen molar-refractivity contribution in [2.45, 2.75) is 44.6 Å². The topological polar surface area (TPSA) is 24.9 Å². The zero-order chi connectivity index (χ0) is 13.8. The van der Waals surface area contributed by atoms with Gasteiger partial charge in [0.2, 0.25) is 0 Å². The molecule has 1 fully saturated rings. The smallest absolute Gasteiger partial charge is 0.0705 e. The van der Waals surface area contributed by atoms with Gasteiger partial charge in [-0.3, -0.25) is 4.98 Å². The highest BCUT2D eigenvalue weighted by molar-refractivity contribution is 5.82. The van der Waals surface area contributed by atoms with E-state index in [1.165, 1.54) is 49.5 Å². The number of hydrogen-bond donors (Lipinski definition) is 1. The summed E-state index contributed by atoms with van der Waals surface area (Å²) >= 11 is 0. The van der Waals surface area contributed by atoms with Crippen LogP contribution in [0.5, 0.6) is 0 Å². The van der Waals surface area contributed by atoms with E-state index in [0.717, 1.165) is 11.4 Å². The third-order valence-electron chi connectivity index (χ3n) is 4.70.